The third-order valence-corrected chi connectivity index (χ3v) is 1.58. The van der Waals surface area contributed by atoms with Gasteiger partial charge in [0.2, 0.25) is 6.41 Å². The van der Waals surface area contributed by atoms with Crippen molar-refractivity contribution < 1.29 is 4.79 Å². The normalized spacial score (nSPS) is 9.17. The van der Waals surface area contributed by atoms with Gasteiger partial charge in [0.15, 0.2) is 0 Å². The fraction of sp³-hybridized carbons (Fsp3) is 0.250. The van der Waals surface area contributed by atoms with Crippen LogP contribution in [0, 0.1) is 6.92 Å². The van der Waals surface area contributed by atoms with Gasteiger partial charge in [-0.1, -0.05) is 0 Å². The number of amides is 1. The summed E-state index contributed by atoms with van der Waals surface area (Å²) in [5, 5.41) is 5.50. The molecule has 0 saturated heterocycles. The summed E-state index contributed by atoms with van der Waals surface area (Å²) < 4.78 is 0. The molecule has 0 saturated carbocycles. The average Bonchev–Trinajstić information content (AvgIpc) is 2.09. The fourth-order valence-electron chi connectivity index (χ4n) is 0.933. The van der Waals surface area contributed by atoms with Crippen LogP contribution < -0.4 is 10.6 Å². The van der Waals surface area contributed by atoms with E-state index in [2.05, 4.69) is 15.6 Å². The monoisotopic (exact) mass is 165 g/mol. The van der Waals surface area contributed by atoms with E-state index in [0.717, 1.165) is 11.4 Å². The van der Waals surface area contributed by atoms with Crippen LogP contribution in [0.15, 0.2) is 12.3 Å². The van der Waals surface area contributed by atoms with Gasteiger partial charge in [-0.15, -0.1) is 0 Å². The summed E-state index contributed by atoms with van der Waals surface area (Å²) in [6, 6.07) is 1.83. The molecule has 0 atom stereocenters. The second kappa shape index (κ2) is 3.71. The number of pyridine rings is 1. The first kappa shape index (κ1) is 8.52. The maximum atomic E-state index is 10.1. The van der Waals surface area contributed by atoms with Gasteiger partial charge >= 0.3 is 0 Å². The van der Waals surface area contributed by atoms with Crippen LogP contribution in [0.3, 0.4) is 0 Å². The Morgan fingerprint density at radius 1 is 1.58 bits per heavy atom. The van der Waals surface area contributed by atoms with E-state index in [4.69, 9.17) is 0 Å². The van der Waals surface area contributed by atoms with Gasteiger partial charge in [-0.25, -0.2) is 0 Å². The van der Waals surface area contributed by atoms with Crippen LogP contribution in [0.25, 0.3) is 0 Å². The van der Waals surface area contributed by atoms with E-state index in [1.807, 2.05) is 20.0 Å². The smallest absolute Gasteiger partial charge is 0.211 e. The first-order valence-electron chi connectivity index (χ1n) is 3.62. The molecule has 0 aliphatic carbocycles. The van der Waals surface area contributed by atoms with Crippen molar-refractivity contribution in [2.24, 2.45) is 0 Å². The summed E-state index contributed by atoms with van der Waals surface area (Å²) in [5.41, 5.74) is 2.52. The molecule has 12 heavy (non-hydrogen) atoms. The quantitative estimate of drug-likeness (QED) is 0.657. The first-order chi connectivity index (χ1) is 5.77. The molecule has 0 aliphatic rings. The number of nitrogens with zero attached hydrogens (tertiary/aromatic N) is 1. The highest BCUT2D eigenvalue weighted by Gasteiger charge is 1.97. The maximum Gasteiger partial charge on any atom is 0.211 e. The molecule has 0 fully saturated rings. The fourth-order valence-corrected chi connectivity index (χ4v) is 0.933. The summed E-state index contributed by atoms with van der Waals surface area (Å²) in [6.45, 7) is 1.90. The van der Waals surface area contributed by atoms with Gasteiger partial charge in [0.25, 0.3) is 0 Å². The van der Waals surface area contributed by atoms with E-state index < -0.39 is 0 Å². The van der Waals surface area contributed by atoms with E-state index >= 15 is 0 Å². The minimum absolute atomic E-state index is 0.631. The number of aryl methyl sites for hydroxylation is 1. The predicted molar refractivity (Wildman–Crippen MR) is 48.2 cm³/mol. The Kier molecular flexibility index (Phi) is 2.63. The lowest BCUT2D eigenvalue weighted by Crippen LogP contribution is -1.99. The second-order valence-corrected chi connectivity index (χ2v) is 2.37. The Hall–Kier alpha value is -1.58. The van der Waals surface area contributed by atoms with Crippen LogP contribution in [0.4, 0.5) is 11.4 Å². The molecule has 0 unspecified atom stereocenters. The van der Waals surface area contributed by atoms with Crippen LogP contribution in [0.2, 0.25) is 0 Å². The molecule has 1 aromatic rings. The Bertz CT molecular complexity index is 286. The SMILES string of the molecule is CNc1cc(NC=O)cnc1C. The minimum atomic E-state index is 0.631. The van der Waals surface area contributed by atoms with Crippen molar-refractivity contribution in [1.82, 2.24) is 4.98 Å². The first-order valence-corrected chi connectivity index (χ1v) is 3.62. The standard InChI is InChI=1S/C8H11N3O/c1-6-8(9-2)3-7(4-10-6)11-5-12/h3-5,9H,1-2H3,(H,11,12). The molecule has 1 rings (SSSR count). The van der Waals surface area contributed by atoms with Gasteiger partial charge in [-0.05, 0) is 13.0 Å². The predicted octanol–water partition coefficient (Wildman–Crippen LogP) is 1.00. The molecule has 0 aliphatic heterocycles. The zero-order valence-corrected chi connectivity index (χ0v) is 7.09. The van der Waals surface area contributed by atoms with Crippen molar-refractivity contribution in [3.05, 3.63) is 18.0 Å². The van der Waals surface area contributed by atoms with Crippen molar-refractivity contribution in [2.75, 3.05) is 17.7 Å². The number of hydrogen-bond acceptors (Lipinski definition) is 3. The lowest BCUT2D eigenvalue weighted by Gasteiger charge is -2.05. The van der Waals surface area contributed by atoms with Crippen LogP contribution in [0.1, 0.15) is 5.69 Å². The highest BCUT2D eigenvalue weighted by molar-refractivity contribution is 5.73. The second-order valence-electron chi connectivity index (χ2n) is 2.37. The Morgan fingerprint density at radius 2 is 2.33 bits per heavy atom. The molecule has 1 amide bonds. The summed E-state index contributed by atoms with van der Waals surface area (Å²) in [5.74, 6) is 0. The molecule has 0 spiro atoms. The van der Waals surface area contributed by atoms with Crippen molar-refractivity contribution in [1.29, 1.82) is 0 Å². The van der Waals surface area contributed by atoms with E-state index in [1.165, 1.54) is 0 Å². The Labute approximate surface area is 71.0 Å². The number of anilines is 2. The van der Waals surface area contributed by atoms with Crippen LogP contribution in [-0.4, -0.2) is 18.4 Å². The topological polar surface area (TPSA) is 54.0 Å². The zero-order chi connectivity index (χ0) is 8.97. The van der Waals surface area contributed by atoms with Gasteiger partial charge in [-0.3, -0.25) is 9.78 Å². The lowest BCUT2D eigenvalue weighted by molar-refractivity contribution is -0.105. The van der Waals surface area contributed by atoms with E-state index in [1.54, 1.807) is 6.20 Å². The third kappa shape index (κ3) is 1.72. The van der Waals surface area contributed by atoms with Crippen molar-refractivity contribution in [3.63, 3.8) is 0 Å². The molecule has 1 aromatic heterocycles. The number of hydrogen-bond donors (Lipinski definition) is 2. The van der Waals surface area contributed by atoms with Gasteiger partial charge in [0, 0.05) is 7.05 Å². The molecular weight excluding hydrogens is 154 g/mol. The maximum absolute atomic E-state index is 10.1. The lowest BCUT2D eigenvalue weighted by atomic mass is 10.3. The van der Waals surface area contributed by atoms with Crippen molar-refractivity contribution >= 4 is 17.8 Å². The average molecular weight is 165 g/mol. The van der Waals surface area contributed by atoms with Crippen LogP contribution in [-0.2, 0) is 4.79 Å². The molecule has 4 heteroatoms. The molecular formula is C8H11N3O. The molecule has 1 heterocycles. The summed E-state index contributed by atoms with van der Waals surface area (Å²) in [4.78, 5) is 14.2. The van der Waals surface area contributed by atoms with Crippen LogP contribution >= 0.6 is 0 Å². The Balaban J connectivity index is 2.96. The molecule has 0 bridgehead atoms. The van der Waals surface area contributed by atoms with E-state index in [-0.39, 0.29) is 0 Å². The minimum Gasteiger partial charge on any atom is -0.387 e. The van der Waals surface area contributed by atoms with E-state index in [0.29, 0.717) is 12.1 Å². The largest absolute Gasteiger partial charge is 0.387 e. The number of carbonyl (C=O) groups is 1. The highest BCUT2D eigenvalue weighted by atomic mass is 16.1. The van der Waals surface area contributed by atoms with Gasteiger partial charge in [0.05, 0.1) is 23.3 Å². The third-order valence-electron chi connectivity index (χ3n) is 1.58. The van der Waals surface area contributed by atoms with Crippen molar-refractivity contribution in [3.8, 4) is 0 Å². The molecule has 0 aromatic carbocycles. The highest BCUT2D eigenvalue weighted by Crippen LogP contribution is 2.15. The molecule has 2 N–H and O–H groups in total. The number of carbonyl (C=O) groups excluding carboxylic acids is 1. The summed E-state index contributed by atoms with van der Waals surface area (Å²) in [6.07, 6.45) is 2.25. The van der Waals surface area contributed by atoms with Gasteiger partial charge in [0.1, 0.15) is 0 Å². The van der Waals surface area contributed by atoms with Gasteiger partial charge < -0.3 is 10.6 Å². The number of rotatable bonds is 3. The molecule has 0 radical (unpaired) electrons. The molecule has 64 valence electrons. The van der Waals surface area contributed by atoms with Crippen molar-refractivity contribution in [2.45, 2.75) is 6.92 Å². The summed E-state index contributed by atoms with van der Waals surface area (Å²) >= 11 is 0. The molecule has 4 nitrogen and oxygen atoms in total. The van der Waals surface area contributed by atoms with Crippen LogP contribution in [0.5, 0.6) is 0 Å². The number of aromatic nitrogens is 1. The Morgan fingerprint density at radius 3 is 2.92 bits per heavy atom. The summed E-state index contributed by atoms with van der Waals surface area (Å²) in [7, 11) is 1.81. The van der Waals surface area contributed by atoms with E-state index in [9.17, 15) is 4.79 Å². The van der Waals surface area contributed by atoms with Gasteiger partial charge in [-0.2, -0.15) is 0 Å². The number of nitrogens with one attached hydrogen (secondary N) is 2. The zero-order valence-electron chi connectivity index (χ0n) is 7.09.